The highest BCUT2D eigenvalue weighted by Crippen LogP contribution is 2.38. The van der Waals surface area contributed by atoms with Gasteiger partial charge in [0, 0.05) is 35.1 Å². The van der Waals surface area contributed by atoms with Gasteiger partial charge in [0.1, 0.15) is 5.01 Å². The first-order valence-electron chi connectivity index (χ1n) is 7.64. The molecule has 110 valence electrons. The molecule has 4 rings (SSSR count). The number of thiazole rings is 1. The first-order chi connectivity index (χ1) is 10.3. The number of hydrogen-bond donors (Lipinski definition) is 1. The van der Waals surface area contributed by atoms with Crippen molar-refractivity contribution in [1.29, 1.82) is 0 Å². The Morgan fingerprint density at radius 1 is 1.33 bits per heavy atom. The maximum atomic E-state index is 13.9. The standard InChI is InChI=1S/C16H18FN3S/c17-13-9-18-7-6-12(13)16-20-15-10(8-19-11-4-5-11)2-1-3-14(15)21-16/h6-7,9-11,19H,1-5,8H2. The summed E-state index contributed by atoms with van der Waals surface area (Å²) in [6, 6.07) is 2.45. The predicted octanol–water partition coefficient (Wildman–Crippen LogP) is 3.52. The molecule has 0 radical (unpaired) electrons. The fourth-order valence-corrected chi connectivity index (χ4v) is 4.18. The van der Waals surface area contributed by atoms with Crippen LogP contribution in [-0.2, 0) is 6.42 Å². The SMILES string of the molecule is Fc1cnccc1-c1nc2c(s1)CCCC2CNC1CC1. The van der Waals surface area contributed by atoms with Crippen LogP contribution in [0.25, 0.3) is 10.6 Å². The summed E-state index contributed by atoms with van der Waals surface area (Å²) in [6.07, 6.45) is 9.00. The van der Waals surface area contributed by atoms with Gasteiger partial charge in [-0.05, 0) is 38.2 Å². The highest BCUT2D eigenvalue weighted by molar-refractivity contribution is 7.15. The van der Waals surface area contributed by atoms with Gasteiger partial charge < -0.3 is 5.32 Å². The Balaban J connectivity index is 1.62. The summed E-state index contributed by atoms with van der Waals surface area (Å²) in [4.78, 5) is 9.93. The van der Waals surface area contributed by atoms with Crippen molar-refractivity contribution in [2.24, 2.45) is 0 Å². The van der Waals surface area contributed by atoms with Gasteiger partial charge in [0.2, 0.25) is 0 Å². The molecule has 0 amide bonds. The van der Waals surface area contributed by atoms with E-state index in [9.17, 15) is 4.39 Å². The fraction of sp³-hybridized carbons (Fsp3) is 0.500. The lowest BCUT2D eigenvalue weighted by Gasteiger charge is -2.21. The summed E-state index contributed by atoms with van der Waals surface area (Å²) >= 11 is 1.65. The van der Waals surface area contributed by atoms with E-state index < -0.39 is 0 Å². The molecule has 2 aliphatic carbocycles. The molecule has 0 aliphatic heterocycles. The lowest BCUT2D eigenvalue weighted by atomic mass is 9.91. The van der Waals surface area contributed by atoms with Crippen LogP contribution in [0.4, 0.5) is 4.39 Å². The molecule has 1 atom stereocenters. The third-order valence-electron chi connectivity index (χ3n) is 4.30. The summed E-state index contributed by atoms with van der Waals surface area (Å²) in [7, 11) is 0. The van der Waals surface area contributed by atoms with Crippen LogP contribution in [0.1, 0.15) is 42.2 Å². The van der Waals surface area contributed by atoms with Crippen molar-refractivity contribution in [3.05, 3.63) is 34.8 Å². The van der Waals surface area contributed by atoms with E-state index in [4.69, 9.17) is 4.98 Å². The maximum absolute atomic E-state index is 13.9. The third kappa shape index (κ3) is 2.72. The summed E-state index contributed by atoms with van der Waals surface area (Å²) in [6.45, 7) is 1.01. The molecular formula is C16H18FN3S. The van der Waals surface area contributed by atoms with Gasteiger partial charge in [0.25, 0.3) is 0 Å². The van der Waals surface area contributed by atoms with E-state index in [0.29, 0.717) is 11.5 Å². The number of fused-ring (bicyclic) bond motifs is 1. The van der Waals surface area contributed by atoms with Crippen LogP contribution in [0.15, 0.2) is 18.5 Å². The van der Waals surface area contributed by atoms with E-state index in [1.54, 1.807) is 23.6 Å². The second-order valence-corrected chi connectivity index (χ2v) is 7.04. The lowest BCUT2D eigenvalue weighted by molar-refractivity contribution is 0.500. The van der Waals surface area contributed by atoms with Crippen LogP contribution in [0, 0.1) is 5.82 Å². The molecule has 1 unspecified atom stereocenters. The number of hydrogen-bond acceptors (Lipinski definition) is 4. The predicted molar refractivity (Wildman–Crippen MR) is 82.0 cm³/mol. The second-order valence-electron chi connectivity index (χ2n) is 5.95. The third-order valence-corrected chi connectivity index (χ3v) is 5.47. The van der Waals surface area contributed by atoms with Crippen LogP contribution >= 0.6 is 11.3 Å². The topological polar surface area (TPSA) is 37.8 Å². The maximum Gasteiger partial charge on any atom is 0.151 e. The largest absolute Gasteiger partial charge is 0.313 e. The zero-order valence-corrected chi connectivity index (χ0v) is 12.6. The van der Waals surface area contributed by atoms with Crippen molar-refractivity contribution >= 4 is 11.3 Å². The summed E-state index contributed by atoms with van der Waals surface area (Å²) in [5, 5.41) is 4.41. The Bertz CT molecular complexity index is 651. The minimum absolute atomic E-state index is 0.281. The molecule has 1 saturated carbocycles. The Morgan fingerprint density at radius 2 is 2.24 bits per heavy atom. The molecule has 2 heterocycles. The molecule has 0 saturated heterocycles. The van der Waals surface area contributed by atoms with Crippen LogP contribution in [0.3, 0.4) is 0 Å². The van der Waals surface area contributed by atoms with E-state index in [2.05, 4.69) is 10.3 Å². The molecule has 2 aliphatic rings. The average molecular weight is 303 g/mol. The average Bonchev–Trinajstić information content (AvgIpc) is 3.22. The quantitative estimate of drug-likeness (QED) is 0.939. The number of aromatic nitrogens is 2. The minimum Gasteiger partial charge on any atom is -0.313 e. The van der Waals surface area contributed by atoms with Crippen molar-refractivity contribution < 1.29 is 4.39 Å². The molecule has 0 spiro atoms. The van der Waals surface area contributed by atoms with Gasteiger partial charge in [-0.15, -0.1) is 11.3 Å². The monoisotopic (exact) mass is 303 g/mol. The molecule has 0 bridgehead atoms. The second kappa shape index (κ2) is 5.46. The van der Waals surface area contributed by atoms with Crippen molar-refractivity contribution in [3.8, 4) is 10.6 Å². The van der Waals surface area contributed by atoms with Gasteiger partial charge in [-0.3, -0.25) is 4.98 Å². The van der Waals surface area contributed by atoms with Crippen LogP contribution in [-0.4, -0.2) is 22.6 Å². The van der Waals surface area contributed by atoms with Gasteiger partial charge in [-0.2, -0.15) is 0 Å². The highest BCUT2D eigenvalue weighted by Gasteiger charge is 2.28. The van der Waals surface area contributed by atoms with E-state index in [1.165, 1.54) is 42.5 Å². The molecule has 2 aromatic heterocycles. The van der Waals surface area contributed by atoms with Crippen molar-refractivity contribution in [2.45, 2.75) is 44.1 Å². The van der Waals surface area contributed by atoms with Gasteiger partial charge in [0.15, 0.2) is 5.82 Å². The van der Waals surface area contributed by atoms with Gasteiger partial charge in [-0.1, -0.05) is 0 Å². The number of nitrogens with one attached hydrogen (secondary N) is 1. The molecule has 1 N–H and O–H groups in total. The lowest BCUT2D eigenvalue weighted by Crippen LogP contribution is -2.25. The zero-order chi connectivity index (χ0) is 14.2. The van der Waals surface area contributed by atoms with Gasteiger partial charge in [-0.25, -0.2) is 9.37 Å². The molecule has 21 heavy (non-hydrogen) atoms. The van der Waals surface area contributed by atoms with E-state index in [1.807, 2.05) is 0 Å². The molecule has 2 aromatic rings. The number of rotatable bonds is 4. The van der Waals surface area contributed by atoms with Crippen molar-refractivity contribution in [1.82, 2.24) is 15.3 Å². The molecule has 3 nitrogen and oxygen atoms in total. The number of pyridine rings is 1. The number of halogens is 1. The Morgan fingerprint density at radius 3 is 3.05 bits per heavy atom. The Hall–Kier alpha value is -1.33. The smallest absolute Gasteiger partial charge is 0.151 e. The Labute approximate surface area is 127 Å². The first-order valence-corrected chi connectivity index (χ1v) is 8.46. The Kier molecular flexibility index (Phi) is 3.47. The van der Waals surface area contributed by atoms with Crippen molar-refractivity contribution in [3.63, 3.8) is 0 Å². The van der Waals surface area contributed by atoms with Crippen molar-refractivity contribution in [2.75, 3.05) is 6.54 Å². The summed E-state index contributed by atoms with van der Waals surface area (Å²) < 4.78 is 13.9. The molecule has 5 heteroatoms. The molecule has 0 aromatic carbocycles. The van der Waals surface area contributed by atoms with Crippen LogP contribution in [0.2, 0.25) is 0 Å². The zero-order valence-electron chi connectivity index (χ0n) is 11.8. The van der Waals surface area contributed by atoms with E-state index >= 15 is 0 Å². The number of aryl methyl sites for hydroxylation is 1. The van der Waals surface area contributed by atoms with E-state index in [0.717, 1.165) is 24.0 Å². The van der Waals surface area contributed by atoms with Gasteiger partial charge >= 0.3 is 0 Å². The van der Waals surface area contributed by atoms with Crippen LogP contribution in [0.5, 0.6) is 0 Å². The highest BCUT2D eigenvalue weighted by atomic mass is 32.1. The summed E-state index contributed by atoms with van der Waals surface area (Å²) in [5.41, 5.74) is 1.78. The van der Waals surface area contributed by atoms with Crippen LogP contribution < -0.4 is 5.32 Å². The number of nitrogens with zero attached hydrogens (tertiary/aromatic N) is 2. The molecule has 1 fully saturated rings. The fourth-order valence-electron chi connectivity index (χ4n) is 2.97. The van der Waals surface area contributed by atoms with Gasteiger partial charge in [0.05, 0.1) is 11.9 Å². The van der Waals surface area contributed by atoms with E-state index in [-0.39, 0.29) is 5.82 Å². The first kappa shape index (κ1) is 13.3. The summed E-state index contributed by atoms with van der Waals surface area (Å²) in [5.74, 6) is 0.209. The normalized spacial score (nSPS) is 21.3. The minimum atomic E-state index is -0.281. The molecular weight excluding hydrogens is 285 g/mol.